The maximum absolute atomic E-state index is 14.0. The maximum Gasteiger partial charge on any atom is 0.401 e. The van der Waals surface area contributed by atoms with Gasteiger partial charge in [-0.1, -0.05) is 60.1 Å². The van der Waals surface area contributed by atoms with Crippen molar-refractivity contribution in [2.45, 2.75) is 78.4 Å². The second kappa shape index (κ2) is 10.1. The van der Waals surface area contributed by atoms with Crippen LogP contribution < -0.4 is 9.84 Å². The van der Waals surface area contributed by atoms with Gasteiger partial charge in [-0.05, 0) is 60.6 Å². The second-order valence-electron chi connectivity index (χ2n) is 9.99. The third-order valence-corrected chi connectivity index (χ3v) is 7.78. The van der Waals surface area contributed by atoms with E-state index in [4.69, 9.17) is 20.6 Å². The summed E-state index contributed by atoms with van der Waals surface area (Å²) in [6.45, 7) is 16.1. The Bertz CT molecular complexity index is 926. The molecule has 0 aliphatic rings. The topological polar surface area (TPSA) is 67.8 Å². The number of rotatable bonds is 8. The molecule has 2 aromatic rings. The van der Waals surface area contributed by atoms with Crippen LogP contribution in [0.15, 0.2) is 36.4 Å². The number of anilines is 1. The van der Waals surface area contributed by atoms with Gasteiger partial charge in [0.25, 0.3) is 0 Å². The first-order chi connectivity index (χ1) is 14.7. The van der Waals surface area contributed by atoms with E-state index in [0.29, 0.717) is 17.2 Å². The molecule has 2 N–H and O–H groups in total. The molecule has 0 saturated heterocycles. The molecule has 0 aromatic heterocycles. The zero-order valence-electron chi connectivity index (χ0n) is 20.5. The number of phenolic OH excluding ortho intramolecular Hbond substituents is 1. The van der Waals surface area contributed by atoms with Crippen molar-refractivity contribution < 1.29 is 18.7 Å². The van der Waals surface area contributed by atoms with Crippen LogP contribution in [-0.4, -0.2) is 17.5 Å². The minimum Gasteiger partial charge on any atom is -0.507 e. The van der Waals surface area contributed by atoms with Crippen molar-refractivity contribution >= 4 is 24.9 Å². The number of halogens is 1. The van der Waals surface area contributed by atoms with Crippen LogP contribution in [0.25, 0.3) is 0 Å². The second-order valence-corrected chi connectivity index (χ2v) is 12.6. The zero-order valence-corrected chi connectivity index (χ0v) is 22.1. The summed E-state index contributed by atoms with van der Waals surface area (Å²) in [6, 6.07) is 10.7. The summed E-state index contributed by atoms with van der Waals surface area (Å²) in [5.74, 6) is 0.106. The maximum atomic E-state index is 14.0. The molecule has 2 rings (SSSR count). The molecule has 0 aliphatic carbocycles. The largest absolute Gasteiger partial charge is 0.507 e. The monoisotopic (exact) mass is 481 g/mol. The minimum absolute atomic E-state index is 0.242. The molecule has 0 bridgehead atoms. The summed E-state index contributed by atoms with van der Waals surface area (Å²) in [6.07, 6.45) is 0.524. The average Bonchev–Trinajstić information content (AvgIpc) is 2.67. The number of benzene rings is 2. The molecule has 2 atom stereocenters. The van der Waals surface area contributed by atoms with Crippen molar-refractivity contribution in [3.63, 3.8) is 0 Å². The van der Waals surface area contributed by atoms with Gasteiger partial charge in [0.2, 0.25) is 0 Å². The van der Waals surface area contributed by atoms with E-state index in [1.165, 1.54) is 0 Å². The highest BCUT2D eigenvalue weighted by Crippen LogP contribution is 2.55. The molecule has 2 unspecified atom stereocenters. The van der Waals surface area contributed by atoms with Crippen molar-refractivity contribution in [2.24, 2.45) is 0 Å². The van der Waals surface area contributed by atoms with E-state index in [1.54, 1.807) is 31.2 Å². The van der Waals surface area contributed by atoms with Crippen molar-refractivity contribution in [1.82, 2.24) is 0 Å². The fourth-order valence-electron chi connectivity index (χ4n) is 3.45. The molecule has 5 nitrogen and oxygen atoms in total. The standard InChI is InChI=1S/C25H37ClNO4P/c1-9-22(27-18-13-11-17(26)12-14-18)32(29,30-10-2)31-19-15-20(24(3,4)5)23(28)21(16-19)25(6,7)8/h11-16,22,27-28H,9-10H2,1-8H3. The van der Waals surface area contributed by atoms with E-state index in [-0.39, 0.29) is 23.2 Å². The van der Waals surface area contributed by atoms with Crippen LogP contribution >= 0.6 is 19.2 Å². The molecule has 0 spiro atoms. The number of hydrogen-bond donors (Lipinski definition) is 2. The van der Waals surface area contributed by atoms with E-state index < -0.39 is 13.4 Å². The highest BCUT2D eigenvalue weighted by molar-refractivity contribution is 7.55. The quantitative estimate of drug-likeness (QED) is 0.373. The van der Waals surface area contributed by atoms with Crippen LogP contribution in [0.1, 0.15) is 72.9 Å². The SMILES string of the molecule is CCOP(=O)(Oc1cc(C(C)(C)C)c(O)c(C(C)(C)C)c1)C(CC)Nc1ccc(Cl)cc1. The van der Waals surface area contributed by atoms with E-state index >= 15 is 0 Å². The fraction of sp³-hybridized carbons (Fsp3) is 0.520. The van der Waals surface area contributed by atoms with Crippen LogP contribution in [0.4, 0.5) is 5.69 Å². The van der Waals surface area contributed by atoms with Gasteiger partial charge >= 0.3 is 7.60 Å². The summed E-state index contributed by atoms with van der Waals surface area (Å²) in [4.78, 5) is 0. The molecule has 0 radical (unpaired) electrons. The van der Waals surface area contributed by atoms with Gasteiger partial charge in [-0.3, -0.25) is 4.52 Å². The van der Waals surface area contributed by atoms with Crippen molar-refractivity contribution in [1.29, 1.82) is 0 Å². The number of phenols is 1. The normalized spacial score (nSPS) is 15.2. The van der Waals surface area contributed by atoms with Gasteiger partial charge in [-0.25, -0.2) is 4.57 Å². The molecule has 2 aromatic carbocycles. The van der Waals surface area contributed by atoms with Gasteiger partial charge in [-0.15, -0.1) is 0 Å². The minimum atomic E-state index is -3.61. The van der Waals surface area contributed by atoms with Gasteiger partial charge in [0, 0.05) is 21.8 Å². The molecule has 0 amide bonds. The summed E-state index contributed by atoms with van der Waals surface area (Å²) in [5.41, 5.74) is 1.60. The predicted octanol–water partition coefficient (Wildman–Crippen LogP) is 8.10. The Morgan fingerprint density at radius 3 is 1.91 bits per heavy atom. The van der Waals surface area contributed by atoms with E-state index in [0.717, 1.165) is 16.8 Å². The number of aromatic hydroxyl groups is 1. The Morgan fingerprint density at radius 1 is 1.00 bits per heavy atom. The lowest BCUT2D eigenvalue weighted by molar-refractivity contribution is 0.271. The average molecular weight is 482 g/mol. The summed E-state index contributed by atoms with van der Waals surface area (Å²) in [7, 11) is -3.61. The van der Waals surface area contributed by atoms with Gasteiger partial charge in [-0.2, -0.15) is 0 Å². The third-order valence-electron chi connectivity index (χ3n) is 5.19. The molecule has 0 heterocycles. The fourth-order valence-corrected chi connectivity index (χ4v) is 5.45. The number of hydrogen-bond acceptors (Lipinski definition) is 5. The summed E-state index contributed by atoms with van der Waals surface area (Å²) in [5, 5.41) is 14.9. The smallest absolute Gasteiger partial charge is 0.401 e. The number of nitrogens with one attached hydrogen (secondary N) is 1. The third kappa shape index (κ3) is 6.43. The first kappa shape index (κ1) is 26.6. The van der Waals surface area contributed by atoms with E-state index in [9.17, 15) is 9.67 Å². The molecule has 32 heavy (non-hydrogen) atoms. The van der Waals surface area contributed by atoms with Crippen LogP contribution in [0, 0.1) is 0 Å². The first-order valence-electron chi connectivity index (χ1n) is 11.0. The molecule has 178 valence electrons. The Kier molecular flexibility index (Phi) is 8.36. The predicted molar refractivity (Wildman–Crippen MR) is 135 cm³/mol. The molecule has 0 fully saturated rings. The van der Waals surface area contributed by atoms with Crippen molar-refractivity contribution in [3.8, 4) is 11.5 Å². The Hall–Kier alpha value is -1.68. The van der Waals surface area contributed by atoms with Gasteiger partial charge < -0.3 is 14.9 Å². The lowest BCUT2D eigenvalue weighted by atomic mass is 9.79. The van der Waals surface area contributed by atoms with Gasteiger partial charge in [0.1, 0.15) is 17.3 Å². The van der Waals surface area contributed by atoms with E-state index in [2.05, 4.69) is 5.32 Å². The Morgan fingerprint density at radius 2 is 1.50 bits per heavy atom. The van der Waals surface area contributed by atoms with Gasteiger partial charge in [0.15, 0.2) is 0 Å². The highest BCUT2D eigenvalue weighted by atomic mass is 35.5. The molecular weight excluding hydrogens is 445 g/mol. The van der Waals surface area contributed by atoms with Crippen molar-refractivity contribution in [3.05, 3.63) is 52.5 Å². The molecular formula is C25H37ClNO4P. The first-order valence-corrected chi connectivity index (χ1v) is 13.0. The summed E-state index contributed by atoms with van der Waals surface area (Å²) < 4.78 is 25.9. The lowest BCUT2D eigenvalue weighted by Gasteiger charge is -2.31. The molecule has 0 aliphatic heterocycles. The van der Waals surface area contributed by atoms with Crippen LogP contribution in [0.5, 0.6) is 11.5 Å². The lowest BCUT2D eigenvalue weighted by Crippen LogP contribution is -2.23. The van der Waals surface area contributed by atoms with E-state index in [1.807, 2.05) is 60.6 Å². The Labute approximate surface area is 198 Å². The van der Waals surface area contributed by atoms with Crippen molar-refractivity contribution in [2.75, 3.05) is 11.9 Å². The highest BCUT2D eigenvalue weighted by Gasteiger charge is 2.37. The van der Waals surface area contributed by atoms with Crippen LogP contribution in [0.2, 0.25) is 5.02 Å². The zero-order chi connectivity index (χ0) is 24.3. The van der Waals surface area contributed by atoms with Crippen LogP contribution in [-0.2, 0) is 19.9 Å². The van der Waals surface area contributed by atoms with Crippen LogP contribution in [0.3, 0.4) is 0 Å². The summed E-state index contributed by atoms with van der Waals surface area (Å²) >= 11 is 5.99. The molecule has 0 saturated carbocycles. The Balaban J connectivity index is 2.52. The van der Waals surface area contributed by atoms with Gasteiger partial charge in [0.05, 0.1) is 6.61 Å². The molecule has 7 heteroatoms.